The van der Waals surface area contributed by atoms with Gasteiger partial charge in [0.15, 0.2) is 12.3 Å². The topological polar surface area (TPSA) is 115 Å². The highest BCUT2D eigenvalue weighted by molar-refractivity contribution is 7.86. The van der Waals surface area contributed by atoms with Gasteiger partial charge >= 0.3 is 0 Å². The fourth-order valence-corrected chi connectivity index (χ4v) is 7.17. The second kappa shape index (κ2) is 14.4. The smallest absolute Gasteiger partial charge is 0.295 e. The van der Waals surface area contributed by atoms with Crippen molar-refractivity contribution in [3.63, 3.8) is 0 Å². The van der Waals surface area contributed by atoms with Crippen LogP contribution in [0.1, 0.15) is 36.1 Å². The van der Waals surface area contributed by atoms with Crippen LogP contribution in [0, 0.1) is 0 Å². The van der Waals surface area contributed by atoms with Crippen molar-refractivity contribution in [3.05, 3.63) is 155 Å². The quantitative estimate of drug-likeness (QED) is 0.133. The van der Waals surface area contributed by atoms with Gasteiger partial charge in [-0.25, -0.2) is 4.58 Å². The Kier molecular flexibility index (Phi) is 10.4. The minimum absolute atomic E-state index is 0.0949. The van der Waals surface area contributed by atoms with Crippen LogP contribution in [0.2, 0.25) is 0 Å². The summed E-state index contributed by atoms with van der Waals surface area (Å²) >= 11 is 0. The molecule has 0 saturated carbocycles. The van der Waals surface area contributed by atoms with Gasteiger partial charge in [-0.15, -0.1) is 0 Å². The summed E-state index contributed by atoms with van der Waals surface area (Å²) in [5, 5.41) is 0. The van der Waals surface area contributed by atoms with Crippen LogP contribution in [0.4, 0.5) is 5.69 Å². The maximum atomic E-state index is 12.0. The lowest BCUT2D eigenvalue weighted by Gasteiger charge is -2.24. The molecule has 0 fully saturated rings. The van der Waals surface area contributed by atoms with E-state index in [1.54, 1.807) is 36.4 Å². The summed E-state index contributed by atoms with van der Waals surface area (Å²) in [7, 11) is -8.70. The second-order valence-corrected chi connectivity index (χ2v) is 13.8. The van der Waals surface area contributed by atoms with Crippen molar-refractivity contribution in [2.24, 2.45) is 0 Å². The van der Waals surface area contributed by atoms with Gasteiger partial charge in [0, 0.05) is 36.5 Å². The van der Waals surface area contributed by atoms with E-state index in [2.05, 4.69) is 12.1 Å². The van der Waals surface area contributed by atoms with Crippen LogP contribution in [0.5, 0.6) is 0 Å². The first-order valence-corrected chi connectivity index (χ1v) is 18.1. The molecular weight excluding hydrogens is 633 g/mol. The lowest BCUT2D eigenvalue weighted by Crippen LogP contribution is -2.23. The third-order valence-electron chi connectivity index (χ3n) is 8.09. The summed E-state index contributed by atoms with van der Waals surface area (Å²) < 4.78 is 69.3. The Morgan fingerprint density at radius 2 is 1.15 bits per heavy atom. The average Bonchev–Trinajstić information content (AvgIpc) is 3.07. The molecule has 0 radical (unpaired) electrons. The summed E-state index contributed by atoms with van der Waals surface area (Å²) in [6, 6.07) is 31.1. The first-order chi connectivity index (χ1) is 22.5. The van der Waals surface area contributed by atoms with Crippen LogP contribution in [0.3, 0.4) is 0 Å². The van der Waals surface area contributed by atoms with Crippen molar-refractivity contribution in [1.82, 2.24) is 0 Å². The van der Waals surface area contributed by atoms with Gasteiger partial charge in [-0.3, -0.25) is 9.11 Å². The van der Waals surface area contributed by atoms with Gasteiger partial charge < -0.3 is 4.90 Å². The first-order valence-electron chi connectivity index (χ1n) is 15.2. The molecule has 0 bridgehead atoms. The van der Waals surface area contributed by atoms with Gasteiger partial charge in [0.1, 0.15) is 11.4 Å². The fourth-order valence-electron chi connectivity index (χ4n) is 5.74. The first kappa shape index (κ1) is 33.7. The number of rotatable bonds is 11. The minimum atomic E-state index is -4.35. The van der Waals surface area contributed by atoms with E-state index >= 15 is 0 Å². The summed E-state index contributed by atoms with van der Waals surface area (Å²) in [5.74, 6) is 0. The van der Waals surface area contributed by atoms with E-state index in [1.165, 1.54) is 12.1 Å². The van der Waals surface area contributed by atoms with Crippen molar-refractivity contribution in [2.75, 3.05) is 18.0 Å². The van der Waals surface area contributed by atoms with E-state index in [4.69, 9.17) is 0 Å². The Bertz CT molecular complexity index is 2080. The highest BCUT2D eigenvalue weighted by Crippen LogP contribution is 2.32. The van der Waals surface area contributed by atoms with Gasteiger partial charge in [-0.05, 0) is 78.1 Å². The summed E-state index contributed by atoms with van der Waals surface area (Å²) in [4.78, 5) is 1.86. The Hall–Kier alpha value is -4.61. The zero-order valence-corrected chi connectivity index (χ0v) is 27.8. The molecule has 5 rings (SSSR count). The lowest BCUT2D eigenvalue weighted by molar-refractivity contribution is -0.539. The average molecular weight is 670 g/mol. The molecule has 0 unspecified atom stereocenters. The molecule has 0 heterocycles. The highest BCUT2D eigenvalue weighted by Gasteiger charge is 2.21. The summed E-state index contributed by atoms with van der Waals surface area (Å²) in [5.41, 5.74) is 6.91. The van der Waals surface area contributed by atoms with Crippen LogP contribution in [0.15, 0.2) is 143 Å². The maximum absolute atomic E-state index is 12.0. The van der Waals surface area contributed by atoms with Crippen molar-refractivity contribution in [2.45, 2.75) is 36.7 Å². The van der Waals surface area contributed by atoms with Gasteiger partial charge in [0.2, 0.25) is 0 Å². The monoisotopic (exact) mass is 669 g/mol. The molecule has 0 aliphatic heterocycles. The number of hydrogen-bond donors (Lipinski definition) is 2. The number of benzene rings is 4. The highest BCUT2D eigenvalue weighted by atomic mass is 32.2. The molecule has 2 N–H and O–H groups in total. The maximum Gasteiger partial charge on any atom is 0.295 e. The molecule has 10 heteroatoms. The van der Waals surface area contributed by atoms with Crippen LogP contribution in [0.25, 0.3) is 5.57 Å². The van der Waals surface area contributed by atoms with Crippen molar-refractivity contribution < 1.29 is 30.5 Å². The third-order valence-corrected chi connectivity index (χ3v) is 10.00. The fraction of sp³-hybridized carbons (Fsp3) is 0.162. The molecule has 0 spiro atoms. The number of nitrogens with zero attached hydrogens (tertiary/aromatic N) is 2. The zero-order chi connectivity index (χ0) is 33.6. The summed E-state index contributed by atoms with van der Waals surface area (Å²) in [6.45, 7) is 5.86. The molecule has 1 aliphatic rings. The predicted molar refractivity (Wildman–Crippen MR) is 186 cm³/mol. The van der Waals surface area contributed by atoms with Crippen molar-refractivity contribution in [3.8, 4) is 0 Å². The van der Waals surface area contributed by atoms with Crippen LogP contribution >= 0.6 is 0 Å². The Morgan fingerprint density at radius 3 is 1.70 bits per heavy atom. The predicted octanol–water partition coefficient (Wildman–Crippen LogP) is 6.81. The van der Waals surface area contributed by atoms with Crippen LogP contribution in [-0.2, 0) is 33.3 Å². The Labute approximate surface area is 276 Å². The van der Waals surface area contributed by atoms with Gasteiger partial charge in [-0.1, -0.05) is 78.9 Å². The Morgan fingerprint density at radius 1 is 0.638 bits per heavy atom. The van der Waals surface area contributed by atoms with Crippen molar-refractivity contribution >= 4 is 37.2 Å². The normalized spacial score (nSPS) is 13.1. The molecule has 4 aromatic rings. The van der Waals surface area contributed by atoms with Gasteiger partial charge in [0.25, 0.3) is 20.2 Å². The molecule has 1 aliphatic carbocycles. The number of anilines is 1. The van der Waals surface area contributed by atoms with Crippen LogP contribution in [-0.4, -0.2) is 49.3 Å². The van der Waals surface area contributed by atoms with E-state index < -0.39 is 20.2 Å². The van der Waals surface area contributed by atoms with E-state index in [-0.39, 0.29) is 9.79 Å². The summed E-state index contributed by atoms with van der Waals surface area (Å²) in [6.07, 6.45) is 8.12. The van der Waals surface area contributed by atoms with E-state index in [0.29, 0.717) is 37.3 Å². The lowest BCUT2D eigenvalue weighted by atomic mass is 9.90. The number of hydrogen-bond acceptors (Lipinski definition) is 5. The zero-order valence-electron chi connectivity index (χ0n) is 26.2. The van der Waals surface area contributed by atoms with Gasteiger partial charge in [-0.2, -0.15) is 16.8 Å². The number of allylic oxidation sites excluding steroid dienone is 5. The second-order valence-electron chi connectivity index (χ2n) is 11.0. The van der Waals surface area contributed by atoms with Gasteiger partial charge in [0.05, 0.1) is 4.90 Å². The standard InChI is InChI=1S/C37H36N2O6S2/c1-3-38(26-31-14-8-10-16-35(31)46(40,41)42)33-22-18-29(19-23-33)37(28-12-6-5-7-13-28)30-20-24-34(25-21-30)39(4-2)27-32-15-9-11-17-36(32)47(43,44)45/h5-25H,3-4,26-27H2,1-2H3,(H-,40,41,42,43,44,45)/p+1. The molecule has 0 aromatic heterocycles. The van der Waals surface area contributed by atoms with Crippen molar-refractivity contribution in [1.29, 1.82) is 0 Å². The molecular formula is C37H37N2O6S2+. The largest absolute Gasteiger partial charge is 0.367 e. The van der Waals surface area contributed by atoms with E-state index in [0.717, 1.165) is 33.7 Å². The molecule has 8 nitrogen and oxygen atoms in total. The molecule has 242 valence electrons. The van der Waals surface area contributed by atoms with E-state index in [9.17, 15) is 25.9 Å². The molecule has 0 saturated heterocycles. The Balaban J connectivity index is 1.48. The molecule has 0 atom stereocenters. The SMILES string of the molecule is CCN(Cc1ccccc1S(=O)(=O)O)c1ccc(C(=C2C=CC(=[N+](CC)Cc3ccccc3S(=O)(=O)O)C=C2)c2ccccc2)cc1. The van der Waals surface area contributed by atoms with Crippen LogP contribution < -0.4 is 4.90 Å². The van der Waals surface area contributed by atoms with E-state index in [1.807, 2.05) is 90.1 Å². The molecule has 4 aromatic carbocycles. The minimum Gasteiger partial charge on any atom is -0.367 e. The third kappa shape index (κ3) is 8.04. The molecule has 0 amide bonds. The molecule has 47 heavy (non-hydrogen) atoms.